The summed E-state index contributed by atoms with van der Waals surface area (Å²) in [6.45, 7) is 3.92. The highest BCUT2D eigenvalue weighted by atomic mass is 19.1. The van der Waals surface area contributed by atoms with Crippen molar-refractivity contribution in [2.24, 2.45) is 5.92 Å². The molecular formula is C29H37FN2O2. The standard InChI is InChI=1S/C29H37FN2O2/c30-27-15-13-25(14-16-27)19-32-17-7-12-28(32)20-31(18-24-8-3-1-4-9-24)21-29(33)23-34-22-26-10-5-2-6-11-26/h2,5-7,10-17,24,29,33H,1,3-4,8-9,18-23H2. The fourth-order valence-corrected chi connectivity index (χ4v) is 4.94. The van der Waals surface area contributed by atoms with Gasteiger partial charge >= 0.3 is 0 Å². The molecule has 1 unspecified atom stereocenters. The van der Waals surface area contributed by atoms with Crippen molar-refractivity contribution in [2.45, 2.75) is 57.9 Å². The average molecular weight is 465 g/mol. The normalized spacial score (nSPS) is 15.6. The van der Waals surface area contributed by atoms with Gasteiger partial charge in [0.1, 0.15) is 5.82 Å². The monoisotopic (exact) mass is 464 g/mol. The zero-order valence-electron chi connectivity index (χ0n) is 20.0. The molecule has 0 spiro atoms. The van der Waals surface area contributed by atoms with E-state index in [1.165, 1.54) is 49.9 Å². The van der Waals surface area contributed by atoms with Crippen molar-refractivity contribution >= 4 is 0 Å². The number of benzene rings is 2. The summed E-state index contributed by atoms with van der Waals surface area (Å²) >= 11 is 0. The third kappa shape index (κ3) is 7.79. The molecule has 0 bridgehead atoms. The molecule has 182 valence electrons. The van der Waals surface area contributed by atoms with Crippen molar-refractivity contribution in [3.63, 3.8) is 0 Å². The molecule has 1 aliphatic carbocycles. The van der Waals surface area contributed by atoms with E-state index in [0.717, 1.165) is 24.2 Å². The Morgan fingerprint density at radius 3 is 2.47 bits per heavy atom. The molecule has 1 aromatic heterocycles. The van der Waals surface area contributed by atoms with Gasteiger partial charge < -0.3 is 14.4 Å². The Balaban J connectivity index is 1.36. The molecule has 0 amide bonds. The molecule has 1 N–H and O–H groups in total. The van der Waals surface area contributed by atoms with Crippen LogP contribution in [0.1, 0.15) is 48.9 Å². The van der Waals surface area contributed by atoms with Gasteiger partial charge in [-0.25, -0.2) is 4.39 Å². The Morgan fingerprint density at radius 2 is 1.71 bits per heavy atom. The van der Waals surface area contributed by atoms with Gasteiger partial charge in [-0.3, -0.25) is 4.90 Å². The van der Waals surface area contributed by atoms with Crippen LogP contribution in [0.2, 0.25) is 0 Å². The molecule has 5 heteroatoms. The van der Waals surface area contributed by atoms with E-state index in [9.17, 15) is 9.50 Å². The number of hydrogen-bond acceptors (Lipinski definition) is 3. The largest absolute Gasteiger partial charge is 0.389 e. The van der Waals surface area contributed by atoms with Gasteiger partial charge in [0.15, 0.2) is 0 Å². The van der Waals surface area contributed by atoms with Gasteiger partial charge in [0, 0.05) is 38.1 Å². The lowest BCUT2D eigenvalue weighted by atomic mass is 9.89. The number of halogens is 1. The van der Waals surface area contributed by atoms with E-state index < -0.39 is 6.10 Å². The predicted molar refractivity (Wildman–Crippen MR) is 134 cm³/mol. The quantitative estimate of drug-likeness (QED) is 0.377. The minimum atomic E-state index is -0.534. The number of nitrogens with zero attached hydrogens (tertiary/aromatic N) is 2. The van der Waals surface area contributed by atoms with Crippen molar-refractivity contribution in [2.75, 3.05) is 19.7 Å². The van der Waals surface area contributed by atoms with Crippen molar-refractivity contribution < 1.29 is 14.2 Å². The van der Waals surface area contributed by atoms with Crippen LogP contribution in [0, 0.1) is 11.7 Å². The second-order valence-electron chi connectivity index (χ2n) is 9.61. The van der Waals surface area contributed by atoms with E-state index in [-0.39, 0.29) is 5.82 Å². The van der Waals surface area contributed by atoms with Crippen LogP contribution in [0.25, 0.3) is 0 Å². The van der Waals surface area contributed by atoms with E-state index in [0.29, 0.717) is 32.2 Å². The lowest BCUT2D eigenvalue weighted by Crippen LogP contribution is -2.38. The molecule has 2 aromatic carbocycles. The van der Waals surface area contributed by atoms with E-state index in [4.69, 9.17) is 4.74 Å². The number of aliphatic hydroxyl groups excluding tert-OH is 1. The topological polar surface area (TPSA) is 37.6 Å². The Bertz CT molecular complexity index is 967. The molecule has 1 saturated carbocycles. The van der Waals surface area contributed by atoms with Crippen LogP contribution in [-0.2, 0) is 24.4 Å². The van der Waals surface area contributed by atoms with Gasteiger partial charge in [-0.1, -0.05) is 61.7 Å². The summed E-state index contributed by atoms with van der Waals surface area (Å²) in [5.74, 6) is 0.477. The van der Waals surface area contributed by atoms with Gasteiger partial charge in [0.2, 0.25) is 0 Å². The summed E-state index contributed by atoms with van der Waals surface area (Å²) in [4.78, 5) is 2.39. The first-order valence-electron chi connectivity index (χ1n) is 12.6. The molecule has 0 saturated heterocycles. The van der Waals surface area contributed by atoms with E-state index in [2.05, 4.69) is 27.8 Å². The number of aliphatic hydroxyl groups is 1. The summed E-state index contributed by atoms with van der Waals surface area (Å²) in [6, 6.07) is 21.0. The minimum Gasteiger partial charge on any atom is -0.389 e. The number of rotatable bonds is 12. The molecule has 0 radical (unpaired) electrons. The zero-order valence-corrected chi connectivity index (χ0v) is 20.0. The second kappa shape index (κ2) is 12.8. The summed E-state index contributed by atoms with van der Waals surface area (Å²) in [6.07, 6.45) is 8.04. The van der Waals surface area contributed by atoms with E-state index in [1.54, 1.807) is 0 Å². The number of hydrogen-bond donors (Lipinski definition) is 1. The second-order valence-corrected chi connectivity index (χ2v) is 9.61. The van der Waals surface area contributed by atoms with Crippen molar-refractivity contribution in [3.05, 3.63) is 95.6 Å². The Hall–Kier alpha value is -2.47. The molecule has 34 heavy (non-hydrogen) atoms. The van der Waals surface area contributed by atoms with E-state index in [1.807, 2.05) is 42.5 Å². The van der Waals surface area contributed by atoms with Crippen LogP contribution in [0.5, 0.6) is 0 Å². The maximum atomic E-state index is 13.3. The molecule has 1 atom stereocenters. The van der Waals surface area contributed by atoms with Crippen LogP contribution < -0.4 is 0 Å². The van der Waals surface area contributed by atoms with Gasteiger partial charge in [-0.05, 0) is 54.2 Å². The van der Waals surface area contributed by atoms with E-state index >= 15 is 0 Å². The molecule has 4 nitrogen and oxygen atoms in total. The predicted octanol–water partition coefficient (Wildman–Crippen LogP) is 5.64. The SMILES string of the molecule is OC(COCc1ccccc1)CN(Cc1cccn1Cc1ccc(F)cc1)CC1CCCCC1. The highest BCUT2D eigenvalue weighted by Gasteiger charge is 2.21. The summed E-state index contributed by atoms with van der Waals surface area (Å²) < 4.78 is 21.3. The summed E-state index contributed by atoms with van der Waals surface area (Å²) in [5.41, 5.74) is 3.40. The fourth-order valence-electron chi connectivity index (χ4n) is 4.94. The van der Waals surface area contributed by atoms with Crippen molar-refractivity contribution in [1.82, 2.24) is 9.47 Å². The molecule has 0 aliphatic heterocycles. The first kappa shape index (κ1) is 24.6. The average Bonchev–Trinajstić information content (AvgIpc) is 3.28. The lowest BCUT2D eigenvalue weighted by Gasteiger charge is -2.31. The van der Waals surface area contributed by atoms with Crippen LogP contribution in [0.3, 0.4) is 0 Å². The van der Waals surface area contributed by atoms with Gasteiger partial charge in [0.25, 0.3) is 0 Å². The highest BCUT2D eigenvalue weighted by molar-refractivity contribution is 5.19. The minimum absolute atomic E-state index is 0.210. The van der Waals surface area contributed by atoms with Crippen LogP contribution >= 0.6 is 0 Å². The molecule has 1 heterocycles. The van der Waals surface area contributed by atoms with Gasteiger partial charge in [0.05, 0.1) is 19.3 Å². The molecule has 1 fully saturated rings. The highest BCUT2D eigenvalue weighted by Crippen LogP contribution is 2.25. The number of ether oxygens (including phenoxy) is 1. The van der Waals surface area contributed by atoms with Crippen molar-refractivity contribution in [1.29, 1.82) is 0 Å². The molecule has 4 rings (SSSR count). The fraction of sp³-hybridized carbons (Fsp3) is 0.448. The zero-order chi connectivity index (χ0) is 23.6. The molecule has 3 aromatic rings. The van der Waals surface area contributed by atoms with Crippen LogP contribution in [0.4, 0.5) is 4.39 Å². The third-order valence-electron chi connectivity index (χ3n) is 6.71. The maximum Gasteiger partial charge on any atom is 0.123 e. The Labute approximate surface area is 203 Å². The maximum absolute atomic E-state index is 13.3. The summed E-state index contributed by atoms with van der Waals surface area (Å²) in [7, 11) is 0. The molecular weight excluding hydrogens is 427 g/mol. The van der Waals surface area contributed by atoms with Crippen LogP contribution in [0.15, 0.2) is 72.9 Å². The smallest absolute Gasteiger partial charge is 0.123 e. The Kier molecular flexibility index (Phi) is 9.31. The first-order chi connectivity index (χ1) is 16.7. The Morgan fingerprint density at radius 1 is 0.941 bits per heavy atom. The summed E-state index contributed by atoms with van der Waals surface area (Å²) in [5, 5.41) is 10.8. The van der Waals surface area contributed by atoms with Gasteiger partial charge in [-0.2, -0.15) is 0 Å². The molecule has 1 aliphatic rings. The number of aromatic nitrogens is 1. The first-order valence-corrected chi connectivity index (χ1v) is 12.6. The van der Waals surface area contributed by atoms with Crippen molar-refractivity contribution in [3.8, 4) is 0 Å². The lowest BCUT2D eigenvalue weighted by molar-refractivity contribution is 0.00469. The van der Waals surface area contributed by atoms with Gasteiger partial charge in [-0.15, -0.1) is 0 Å². The third-order valence-corrected chi connectivity index (χ3v) is 6.71. The van der Waals surface area contributed by atoms with Crippen LogP contribution in [-0.4, -0.2) is 40.4 Å².